The maximum absolute atomic E-state index is 12.8. The monoisotopic (exact) mass is 469 g/mol. The summed E-state index contributed by atoms with van der Waals surface area (Å²) < 4.78 is 55.4. The minimum atomic E-state index is -4.44. The Morgan fingerprint density at radius 2 is 1.84 bits per heavy atom. The van der Waals surface area contributed by atoms with E-state index in [9.17, 15) is 18.0 Å². The number of carbonyl (C=O) groups is 1. The molecule has 1 fully saturated rings. The van der Waals surface area contributed by atoms with Crippen molar-refractivity contribution in [2.45, 2.75) is 6.18 Å². The van der Waals surface area contributed by atoms with E-state index in [2.05, 4.69) is 0 Å². The third-order valence-corrected chi connectivity index (χ3v) is 5.75. The van der Waals surface area contributed by atoms with Crippen LogP contribution in [0.25, 0.3) is 6.08 Å². The summed E-state index contributed by atoms with van der Waals surface area (Å²) in [5.41, 5.74) is -0.182. The number of likely N-dealkylation sites (N-methyl/N-ethyl adjacent to an activating group) is 1. The van der Waals surface area contributed by atoms with Crippen LogP contribution in [-0.2, 0) is 11.0 Å². The van der Waals surface area contributed by atoms with E-state index in [1.807, 2.05) is 0 Å². The van der Waals surface area contributed by atoms with E-state index in [1.165, 1.54) is 35.9 Å². The van der Waals surface area contributed by atoms with Crippen LogP contribution >= 0.6 is 24.0 Å². The molecule has 0 aliphatic carbocycles. The van der Waals surface area contributed by atoms with Gasteiger partial charge in [0, 0.05) is 12.6 Å². The van der Waals surface area contributed by atoms with E-state index >= 15 is 0 Å². The van der Waals surface area contributed by atoms with Crippen molar-refractivity contribution in [1.82, 2.24) is 4.90 Å². The SMILES string of the molecule is COc1cccc(C=C2SC(=S)N(C)C2=O)c1OCCOc1cccc(C(F)(F)F)c1. The van der Waals surface area contributed by atoms with Gasteiger partial charge in [0.05, 0.1) is 17.6 Å². The fourth-order valence-electron chi connectivity index (χ4n) is 2.71. The van der Waals surface area contributed by atoms with Crippen molar-refractivity contribution in [1.29, 1.82) is 0 Å². The van der Waals surface area contributed by atoms with Gasteiger partial charge in [0.2, 0.25) is 0 Å². The molecule has 2 aromatic rings. The quantitative estimate of drug-likeness (QED) is 0.323. The number of thiocarbonyl (C=S) groups is 1. The Balaban J connectivity index is 1.71. The first kappa shape index (κ1) is 23.0. The van der Waals surface area contributed by atoms with E-state index in [-0.39, 0.29) is 24.9 Å². The van der Waals surface area contributed by atoms with E-state index in [4.69, 9.17) is 26.4 Å². The third kappa shape index (κ3) is 5.50. The highest BCUT2D eigenvalue weighted by Gasteiger charge is 2.31. The number of thioether (sulfide) groups is 1. The standard InChI is InChI=1S/C21H18F3NO4S2/c1-25-19(26)17(31-20(25)30)11-13-5-3-8-16(27-2)18(13)29-10-9-28-15-7-4-6-14(12-15)21(22,23)24/h3-8,11-12H,9-10H2,1-2H3. The van der Waals surface area contributed by atoms with Crippen LogP contribution in [0.3, 0.4) is 0 Å². The van der Waals surface area contributed by atoms with Crippen LogP contribution < -0.4 is 14.2 Å². The normalized spacial score (nSPS) is 15.5. The molecule has 1 aliphatic rings. The molecule has 0 unspecified atom stereocenters. The fraction of sp³-hybridized carbons (Fsp3) is 0.238. The van der Waals surface area contributed by atoms with Crippen LogP contribution in [-0.4, -0.2) is 42.5 Å². The molecule has 0 aromatic heterocycles. The Kier molecular flexibility index (Phi) is 7.11. The first-order valence-electron chi connectivity index (χ1n) is 9.02. The molecule has 31 heavy (non-hydrogen) atoms. The number of para-hydroxylation sites is 1. The molecule has 2 aromatic carbocycles. The maximum Gasteiger partial charge on any atom is 0.416 e. The van der Waals surface area contributed by atoms with Gasteiger partial charge in [-0.25, -0.2) is 0 Å². The second kappa shape index (κ2) is 9.61. The summed E-state index contributed by atoms with van der Waals surface area (Å²) in [4.78, 5) is 14.1. The number of rotatable bonds is 7. The molecule has 1 amide bonds. The number of ether oxygens (including phenoxy) is 3. The first-order valence-corrected chi connectivity index (χ1v) is 10.2. The van der Waals surface area contributed by atoms with Gasteiger partial charge in [0.1, 0.15) is 23.3 Å². The summed E-state index contributed by atoms with van der Waals surface area (Å²) in [6.07, 6.45) is -2.78. The smallest absolute Gasteiger partial charge is 0.416 e. The lowest BCUT2D eigenvalue weighted by Gasteiger charge is -2.14. The zero-order valence-electron chi connectivity index (χ0n) is 16.6. The van der Waals surface area contributed by atoms with Gasteiger partial charge in [-0.15, -0.1) is 0 Å². The van der Waals surface area contributed by atoms with Crippen molar-refractivity contribution in [2.24, 2.45) is 0 Å². The zero-order chi connectivity index (χ0) is 22.6. The van der Waals surface area contributed by atoms with Crippen LogP contribution in [0.2, 0.25) is 0 Å². The summed E-state index contributed by atoms with van der Waals surface area (Å²) in [6, 6.07) is 9.84. The average Bonchev–Trinajstić information content (AvgIpc) is 2.98. The summed E-state index contributed by atoms with van der Waals surface area (Å²) in [5.74, 6) is 0.709. The van der Waals surface area contributed by atoms with Gasteiger partial charge in [-0.1, -0.05) is 42.2 Å². The molecule has 5 nitrogen and oxygen atoms in total. The summed E-state index contributed by atoms with van der Waals surface area (Å²) in [7, 11) is 3.09. The molecule has 0 saturated carbocycles. The molecule has 164 valence electrons. The van der Waals surface area contributed by atoms with Crippen molar-refractivity contribution in [3.63, 3.8) is 0 Å². The predicted octanol–water partition coefficient (Wildman–Crippen LogP) is 5.00. The molecule has 0 spiro atoms. The molecule has 1 heterocycles. The average molecular weight is 470 g/mol. The van der Waals surface area contributed by atoms with Crippen molar-refractivity contribution < 1.29 is 32.2 Å². The van der Waals surface area contributed by atoms with E-state index in [0.29, 0.717) is 26.3 Å². The molecular formula is C21H18F3NO4S2. The number of alkyl halides is 3. The Morgan fingerprint density at radius 1 is 1.13 bits per heavy atom. The first-order chi connectivity index (χ1) is 14.7. The molecule has 1 saturated heterocycles. The van der Waals surface area contributed by atoms with Crippen molar-refractivity contribution in [3.05, 3.63) is 58.5 Å². The Hall–Kier alpha value is -2.72. The fourth-order valence-corrected chi connectivity index (χ4v) is 3.88. The molecule has 0 bridgehead atoms. The summed E-state index contributed by atoms with van der Waals surface area (Å²) in [5, 5.41) is 0. The van der Waals surface area contributed by atoms with Crippen molar-refractivity contribution >= 4 is 40.3 Å². The molecule has 3 rings (SSSR count). The molecule has 0 radical (unpaired) electrons. The number of amides is 1. The van der Waals surface area contributed by atoms with Crippen LogP contribution in [0.4, 0.5) is 13.2 Å². The zero-order valence-corrected chi connectivity index (χ0v) is 18.2. The van der Waals surface area contributed by atoms with Crippen LogP contribution in [0.15, 0.2) is 47.4 Å². The van der Waals surface area contributed by atoms with Crippen LogP contribution in [0.1, 0.15) is 11.1 Å². The minimum absolute atomic E-state index is 0.00980. The minimum Gasteiger partial charge on any atom is -0.493 e. The van der Waals surface area contributed by atoms with E-state index in [0.717, 1.165) is 12.1 Å². The highest BCUT2D eigenvalue weighted by molar-refractivity contribution is 8.26. The number of hydrogen-bond donors (Lipinski definition) is 0. The van der Waals surface area contributed by atoms with Gasteiger partial charge in [-0.2, -0.15) is 13.2 Å². The Labute approximate surface area is 186 Å². The highest BCUT2D eigenvalue weighted by Crippen LogP contribution is 2.37. The number of benzene rings is 2. The number of hydrogen-bond acceptors (Lipinski definition) is 6. The topological polar surface area (TPSA) is 48.0 Å². The van der Waals surface area contributed by atoms with Crippen molar-refractivity contribution in [2.75, 3.05) is 27.4 Å². The highest BCUT2D eigenvalue weighted by atomic mass is 32.2. The summed E-state index contributed by atoms with van der Waals surface area (Å²) in [6.45, 7) is 0.0576. The number of carbonyl (C=O) groups excluding carboxylic acids is 1. The molecule has 0 N–H and O–H groups in total. The van der Waals surface area contributed by atoms with Crippen LogP contribution in [0, 0.1) is 0 Å². The van der Waals surface area contributed by atoms with Crippen molar-refractivity contribution in [3.8, 4) is 17.2 Å². The Bertz CT molecular complexity index is 1020. The van der Waals surface area contributed by atoms with Gasteiger partial charge in [0.25, 0.3) is 5.91 Å². The van der Waals surface area contributed by atoms with E-state index < -0.39 is 11.7 Å². The second-order valence-corrected chi connectivity index (χ2v) is 8.02. The predicted molar refractivity (Wildman–Crippen MR) is 116 cm³/mol. The lowest BCUT2D eigenvalue weighted by atomic mass is 10.1. The number of methoxy groups -OCH3 is 1. The molecule has 0 atom stereocenters. The largest absolute Gasteiger partial charge is 0.493 e. The molecule has 1 aliphatic heterocycles. The summed E-state index contributed by atoms with van der Waals surface area (Å²) >= 11 is 6.33. The van der Waals surface area contributed by atoms with Gasteiger partial charge in [-0.05, 0) is 30.3 Å². The lowest BCUT2D eigenvalue weighted by Crippen LogP contribution is -2.22. The van der Waals surface area contributed by atoms with Gasteiger partial charge < -0.3 is 14.2 Å². The second-order valence-electron chi connectivity index (χ2n) is 6.34. The van der Waals surface area contributed by atoms with Gasteiger partial charge in [-0.3, -0.25) is 9.69 Å². The van der Waals surface area contributed by atoms with Crippen LogP contribution in [0.5, 0.6) is 17.2 Å². The lowest BCUT2D eigenvalue weighted by molar-refractivity contribution is -0.137. The third-order valence-electron chi connectivity index (χ3n) is 4.26. The van der Waals surface area contributed by atoms with Gasteiger partial charge >= 0.3 is 6.18 Å². The maximum atomic E-state index is 12.8. The van der Waals surface area contributed by atoms with E-state index in [1.54, 1.807) is 31.3 Å². The Morgan fingerprint density at radius 3 is 2.48 bits per heavy atom. The number of halogens is 3. The number of nitrogens with zero attached hydrogens (tertiary/aromatic N) is 1. The molecule has 10 heteroatoms. The van der Waals surface area contributed by atoms with Gasteiger partial charge in [0.15, 0.2) is 11.5 Å². The molecular weight excluding hydrogens is 451 g/mol.